The molecule has 0 radical (unpaired) electrons. The van der Waals surface area contributed by atoms with Crippen molar-refractivity contribution in [1.29, 1.82) is 0 Å². The SMILES string of the molecule is COc1cc(OC)c(CNC/C(=C\c2cc(Cl)ccc2OC)CNCCOC(C)=O)c(OC)c1.Cl. The summed E-state index contributed by atoms with van der Waals surface area (Å²) in [5.41, 5.74) is 2.80. The van der Waals surface area contributed by atoms with Crippen molar-refractivity contribution in [1.82, 2.24) is 10.6 Å². The van der Waals surface area contributed by atoms with Gasteiger partial charge in [0.05, 0.1) is 34.0 Å². The zero-order valence-corrected chi connectivity index (χ0v) is 22.3. The van der Waals surface area contributed by atoms with Gasteiger partial charge < -0.3 is 34.3 Å². The minimum absolute atomic E-state index is 0. The summed E-state index contributed by atoms with van der Waals surface area (Å²) in [5, 5.41) is 7.37. The number of carbonyl (C=O) groups is 1. The molecule has 2 aromatic rings. The quantitative estimate of drug-likeness (QED) is 0.279. The maximum absolute atomic E-state index is 11.0. The van der Waals surface area contributed by atoms with Gasteiger partial charge >= 0.3 is 5.97 Å². The Morgan fingerprint density at radius 3 is 2.11 bits per heavy atom. The number of carbonyl (C=O) groups excluding carboxylic acids is 1. The van der Waals surface area contributed by atoms with Crippen molar-refractivity contribution >= 4 is 36.1 Å². The number of esters is 1. The van der Waals surface area contributed by atoms with Crippen molar-refractivity contribution in [3.63, 3.8) is 0 Å². The largest absolute Gasteiger partial charge is 0.496 e. The summed E-state index contributed by atoms with van der Waals surface area (Å²) < 4.78 is 26.9. The molecule has 0 spiro atoms. The van der Waals surface area contributed by atoms with E-state index in [1.807, 2.05) is 30.3 Å². The van der Waals surface area contributed by atoms with Crippen molar-refractivity contribution in [2.24, 2.45) is 0 Å². The topological polar surface area (TPSA) is 87.3 Å². The Morgan fingerprint density at radius 2 is 1.54 bits per heavy atom. The van der Waals surface area contributed by atoms with Crippen LogP contribution in [-0.2, 0) is 16.1 Å². The molecule has 0 atom stereocenters. The molecule has 2 aromatic carbocycles. The zero-order chi connectivity index (χ0) is 24.9. The van der Waals surface area contributed by atoms with Gasteiger partial charge in [0.15, 0.2) is 0 Å². The van der Waals surface area contributed by atoms with E-state index in [1.54, 1.807) is 34.5 Å². The van der Waals surface area contributed by atoms with E-state index in [4.69, 9.17) is 35.3 Å². The Bertz CT molecular complexity index is 959. The van der Waals surface area contributed by atoms with E-state index in [0.29, 0.717) is 55.1 Å². The second-order valence-electron chi connectivity index (χ2n) is 7.32. The average Bonchev–Trinajstić information content (AvgIpc) is 2.83. The van der Waals surface area contributed by atoms with Crippen LogP contribution in [0.4, 0.5) is 0 Å². The molecular weight excluding hydrogens is 495 g/mol. The number of methoxy groups -OCH3 is 4. The molecule has 35 heavy (non-hydrogen) atoms. The number of hydrogen-bond donors (Lipinski definition) is 2. The van der Waals surface area contributed by atoms with Crippen molar-refractivity contribution in [2.45, 2.75) is 13.5 Å². The third-order valence-electron chi connectivity index (χ3n) is 4.96. The third kappa shape index (κ3) is 9.85. The van der Waals surface area contributed by atoms with E-state index in [9.17, 15) is 4.79 Å². The smallest absolute Gasteiger partial charge is 0.302 e. The molecule has 0 bridgehead atoms. The Kier molecular flexibility index (Phi) is 14.0. The van der Waals surface area contributed by atoms with E-state index < -0.39 is 0 Å². The fraction of sp³-hybridized carbons (Fsp3) is 0.400. The Balaban J connectivity index is 0.00000612. The molecule has 0 aliphatic heterocycles. The molecule has 0 heterocycles. The molecule has 0 aromatic heterocycles. The fourth-order valence-corrected chi connectivity index (χ4v) is 3.50. The molecule has 2 N–H and O–H groups in total. The lowest BCUT2D eigenvalue weighted by atomic mass is 10.1. The Hall–Kier alpha value is -2.65. The van der Waals surface area contributed by atoms with E-state index in [1.165, 1.54) is 6.92 Å². The van der Waals surface area contributed by atoms with E-state index in [0.717, 1.165) is 22.4 Å². The van der Waals surface area contributed by atoms with Gasteiger partial charge in [-0.15, -0.1) is 12.4 Å². The summed E-state index contributed by atoms with van der Waals surface area (Å²) in [6.07, 6.45) is 2.03. The predicted molar refractivity (Wildman–Crippen MR) is 141 cm³/mol. The number of halogens is 2. The first-order chi connectivity index (χ1) is 16.4. The first kappa shape index (κ1) is 30.4. The Morgan fingerprint density at radius 1 is 0.914 bits per heavy atom. The molecule has 0 aliphatic rings. The maximum Gasteiger partial charge on any atom is 0.302 e. The molecule has 194 valence electrons. The first-order valence-corrected chi connectivity index (χ1v) is 11.2. The van der Waals surface area contributed by atoms with Crippen LogP contribution in [0.1, 0.15) is 18.1 Å². The summed E-state index contributed by atoms with van der Waals surface area (Å²) in [5.74, 6) is 2.42. The zero-order valence-electron chi connectivity index (χ0n) is 20.7. The van der Waals surface area contributed by atoms with Gasteiger partial charge in [-0.25, -0.2) is 0 Å². The summed E-state index contributed by atoms with van der Waals surface area (Å²) in [7, 11) is 6.45. The van der Waals surface area contributed by atoms with E-state index in [2.05, 4.69) is 10.6 Å². The van der Waals surface area contributed by atoms with Crippen LogP contribution in [0.2, 0.25) is 5.02 Å². The van der Waals surface area contributed by atoms with Crippen LogP contribution in [0.5, 0.6) is 23.0 Å². The van der Waals surface area contributed by atoms with Crippen molar-refractivity contribution in [3.8, 4) is 23.0 Å². The summed E-state index contributed by atoms with van der Waals surface area (Å²) in [4.78, 5) is 11.0. The minimum atomic E-state index is -0.301. The van der Waals surface area contributed by atoms with Crippen LogP contribution < -0.4 is 29.6 Å². The Labute approximate surface area is 218 Å². The molecule has 0 unspecified atom stereocenters. The van der Waals surface area contributed by atoms with Crippen LogP contribution in [0.3, 0.4) is 0 Å². The summed E-state index contributed by atoms with van der Waals surface area (Å²) in [6, 6.07) is 9.12. The minimum Gasteiger partial charge on any atom is -0.496 e. The number of nitrogens with one attached hydrogen (secondary N) is 2. The van der Waals surface area contributed by atoms with Gasteiger partial charge in [0.1, 0.15) is 29.6 Å². The highest BCUT2D eigenvalue weighted by Crippen LogP contribution is 2.34. The van der Waals surface area contributed by atoms with Crippen molar-refractivity contribution in [2.75, 3.05) is 54.7 Å². The van der Waals surface area contributed by atoms with Gasteiger partial charge in [-0.1, -0.05) is 11.6 Å². The average molecular weight is 529 g/mol. The number of benzene rings is 2. The van der Waals surface area contributed by atoms with Gasteiger partial charge in [0, 0.05) is 55.8 Å². The first-order valence-electron chi connectivity index (χ1n) is 10.8. The number of hydrogen-bond acceptors (Lipinski definition) is 8. The lowest BCUT2D eigenvalue weighted by Crippen LogP contribution is -2.27. The monoisotopic (exact) mass is 528 g/mol. The predicted octanol–water partition coefficient (Wildman–Crippen LogP) is 4.12. The second kappa shape index (κ2) is 16.1. The molecule has 0 amide bonds. The number of rotatable bonds is 14. The van der Waals surface area contributed by atoms with Gasteiger partial charge in [0.2, 0.25) is 0 Å². The van der Waals surface area contributed by atoms with Crippen LogP contribution in [0.15, 0.2) is 35.9 Å². The van der Waals surface area contributed by atoms with Crippen LogP contribution in [-0.4, -0.2) is 60.6 Å². The fourth-order valence-electron chi connectivity index (χ4n) is 3.32. The van der Waals surface area contributed by atoms with Crippen molar-refractivity contribution < 1.29 is 28.5 Å². The lowest BCUT2D eigenvalue weighted by Gasteiger charge is -2.17. The normalized spacial score (nSPS) is 10.9. The molecular formula is C25H34Cl2N2O6. The van der Waals surface area contributed by atoms with Gasteiger partial charge in [0.25, 0.3) is 0 Å². The van der Waals surface area contributed by atoms with Crippen molar-refractivity contribution in [3.05, 3.63) is 52.1 Å². The van der Waals surface area contributed by atoms with E-state index >= 15 is 0 Å². The summed E-state index contributed by atoms with van der Waals surface area (Å²) in [6.45, 7) is 3.87. The molecule has 0 saturated carbocycles. The molecule has 8 nitrogen and oxygen atoms in total. The van der Waals surface area contributed by atoms with E-state index in [-0.39, 0.29) is 18.4 Å². The molecule has 10 heteroatoms. The van der Waals surface area contributed by atoms with Gasteiger partial charge in [-0.2, -0.15) is 0 Å². The van der Waals surface area contributed by atoms with Crippen LogP contribution in [0, 0.1) is 0 Å². The second-order valence-corrected chi connectivity index (χ2v) is 7.76. The highest BCUT2D eigenvalue weighted by atomic mass is 35.5. The highest BCUT2D eigenvalue weighted by molar-refractivity contribution is 6.30. The number of ether oxygens (including phenoxy) is 5. The molecule has 2 rings (SSSR count). The lowest BCUT2D eigenvalue weighted by molar-refractivity contribution is -0.140. The van der Waals surface area contributed by atoms with Gasteiger partial charge in [-0.05, 0) is 29.8 Å². The third-order valence-corrected chi connectivity index (χ3v) is 5.19. The van der Waals surface area contributed by atoms with Crippen LogP contribution >= 0.6 is 24.0 Å². The maximum atomic E-state index is 11.0. The molecule has 0 aliphatic carbocycles. The van der Waals surface area contributed by atoms with Crippen LogP contribution in [0.25, 0.3) is 6.08 Å². The highest BCUT2D eigenvalue weighted by Gasteiger charge is 2.13. The molecule has 0 fully saturated rings. The van der Waals surface area contributed by atoms with Gasteiger partial charge in [-0.3, -0.25) is 4.79 Å². The standard InChI is InChI=1S/C25H33ClN2O6.ClH/c1-17(29)34-9-8-27-14-18(10-19-11-20(26)6-7-23(19)31-3)15-28-16-22-24(32-4)12-21(30-2)13-25(22)33-5;/h6-7,10-13,27-28H,8-9,14-16H2,1-5H3;1H/b18-10-;. The summed E-state index contributed by atoms with van der Waals surface area (Å²) >= 11 is 6.21. The molecule has 0 saturated heterocycles.